The standard InChI is InChI=1S/C13H20N2O3S2/c16-11(5-9-6-19-4-3-14-9)15-10(13(17)18)7-20-12(15)8-1-2-8/h8-10,12,14H,1-7H2,(H,17,18). The number of carbonyl (C=O) groups is 2. The number of nitrogens with zero attached hydrogens (tertiary/aromatic N) is 1. The Kier molecular flexibility index (Phi) is 4.47. The van der Waals surface area contributed by atoms with Crippen molar-refractivity contribution in [2.24, 2.45) is 5.92 Å². The molecule has 5 nitrogen and oxygen atoms in total. The molecule has 0 spiro atoms. The van der Waals surface area contributed by atoms with Gasteiger partial charge in [-0.3, -0.25) is 4.79 Å². The lowest BCUT2D eigenvalue weighted by Gasteiger charge is -2.30. The fourth-order valence-corrected chi connectivity index (χ4v) is 5.45. The molecule has 7 heteroatoms. The number of amides is 1. The molecule has 0 aromatic rings. The van der Waals surface area contributed by atoms with Crippen molar-refractivity contribution >= 4 is 35.4 Å². The molecule has 0 aromatic heterocycles. The van der Waals surface area contributed by atoms with Gasteiger partial charge < -0.3 is 15.3 Å². The van der Waals surface area contributed by atoms with Crippen LogP contribution in [0.4, 0.5) is 0 Å². The minimum Gasteiger partial charge on any atom is -0.480 e. The van der Waals surface area contributed by atoms with Crippen LogP contribution in [0.25, 0.3) is 0 Å². The third kappa shape index (κ3) is 3.09. The molecule has 20 heavy (non-hydrogen) atoms. The SMILES string of the molecule is O=C(O)C1CSC(C2CC2)N1C(=O)CC1CSCCN1. The number of carbonyl (C=O) groups excluding carboxylic acids is 1. The van der Waals surface area contributed by atoms with E-state index in [0.717, 1.165) is 30.9 Å². The van der Waals surface area contributed by atoms with E-state index < -0.39 is 12.0 Å². The molecule has 2 N–H and O–H groups in total. The summed E-state index contributed by atoms with van der Waals surface area (Å²) in [6, 6.07) is -0.435. The highest BCUT2D eigenvalue weighted by Crippen LogP contribution is 2.45. The normalized spacial score (nSPS) is 34.2. The summed E-state index contributed by atoms with van der Waals surface area (Å²) in [7, 11) is 0. The van der Waals surface area contributed by atoms with Crippen LogP contribution in [0.2, 0.25) is 0 Å². The molecule has 2 heterocycles. The van der Waals surface area contributed by atoms with Crippen molar-refractivity contribution in [2.75, 3.05) is 23.8 Å². The number of rotatable bonds is 4. The van der Waals surface area contributed by atoms with Crippen LogP contribution in [0.1, 0.15) is 19.3 Å². The summed E-state index contributed by atoms with van der Waals surface area (Å²) in [4.78, 5) is 25.6. The average Bonchev–Trinajstić information content (AvgIpc) is 3.17. The zero-order valence-electron chi connectivity index (χ0n) is 11.3. The Labute approximate surface area is 127 Å². The zero-order chi connectivity index (χ0) is 14.1. The van der Waals surface area contributed by atoms with Crippen molar-refractivity contribution < 1.29 is 14.7 Å². The molecule has 112 valence electrons. The van der Waals surface area contributed by atoms with Gasteiger partial charge in [-0.2, -0.15) is 11.8 Å². The van der Waals surface area contributed by atoms with Gasteiger partial charge in [-0.25, -0.2) is 4.79 Å². The number of hydrogen-bond donors (Lipinski definition) is 2. The van der Waals surface area contributed by atoms with Crippen LogP contribution in [0.3, 0.4) is 0 Å². The molecular weight excluding hydrogens is 296 g/mol. The van der Waals surface area contributed by atoms with Gasteiger partial charge >= 0.3 is 5.97 Å². The zero-order valence-corrected chi connectivity index (χ0v) is 12.9. The molecule has 1 amide bonds. The first-order valence-corrected chi connectivity index (χ1v) is 9.34. The summed E-state index contributed by atoms with van der Waals surface area (Å²) in [6.45, 7) is 0.936. The third-order valence-corrected chi connectivity index (χ3v) is 6.65. The Morgan fingerprint density at radius 2 is 2.10 bits per heavy atom. The summed E-state index contributed by atoms with van der Waals surface area (Å²) < 4.78 is 0. The van der Waals surface area contributed by atoms with Crippen LogP contribution in [0, 0.1) is 5.92 Å². The van der Waals surface area contributed by atoms with E-state index in [4.69, 9.17) is 0 Å². The van der Waals surface area contributed by atoms with E-state index in [1.54, 1.807) is 16.7 Å². The smallest absolute Gasteiger partial charge is 0.327 e. The molecule has 3 fully saturated rings. The van der Waals surface area contributed by atoms with E-state index in [-0.39, 0.29) is 17.3 Å². The Morgan fingerprint density at radius 3 is 2.70 bits per heavy atom. The van der Waals surface area contributed by atoms with Gasteiger partial charge in [-0.1, -0.05) is 0 Å². The predicted molar refractivity (Wildman–Crippen MR) is 81.0 cm³/mol. The molecule has 1 aliphatic carbocycles. The van der Waals surface area contributed by atoms with Gasteiger partial charge in [0.1, 0.15) is 6.04 Å². The largest absolute Gasteiger partial charge is 0.480 e. The van der Waals surface area contributed by atoms with E-state index in [0.29, 0.717) is 18.1 Å². The van der Waals surface area contributed by atoms with E-state index in [2.05, 4.69) is 5.32 Å². The number of carboxylic acid groups (broad SMARTS) is 1. The minimum atomic E-state index is -0.861. The van der Waals surface area contributed by atoms with E-state index in [1.165, 1.54) is 0 Å². The van der Waals surface area contributed by atoms with Crippen LogP contribution < -0.4 is 5.32 Å². The molecule has 3 rings (SSSR count). The Balaban J connectivity index is 1.66. The molecule has 2 aliphatic heterocycles. The fraction of sp³-hybridized carbons (Fsp3) is 0.846. The number of nitrogens with one attached hydrogen (secondary N) is 1. The molecule has 3 aliphatic rings. The topological polar surface area (TPSA) is 69.6 Å². The predicted octanol–water partition coefficient (Wildman–Crippen LogP) is 0.846. The highest BCUT2D eigenvalue weighted by Gasteiger charge is 2.48. The fourth-order valence-electron chi connectivity index (χ4n) is 2.85. The third-order valence-electron chi connectivity index (χ3n) is 4.05. The Morgan fingerprint density at radius 1 is 1.30 bits per heavy atom. The van der Waals surface area contributed by atoms with Crippen LogP contribution in [0.5, 0.6) is 0 Å². The molecule has 0 aromatic carbocycles. The lowest BCUT2D eigenvalue weighted by molar-refractivity contribution is -0.149. The van der Waals surface area contributed by atoms with Crippen molar-refractivity contribution in [1.29, 1.82) is 0 Å². The Bertz CT molecular complexity index is 397. The number of aliphatic carboxylic acids is 1. The van der Waals surface area contributed by atoms with Gasteiger partial charge in [-0.05, 0) is 18.8 Å². The molecule has 0 bridgehead atoms. The number of thioether (sulfide) groups is 2. The summed E-state index contributed by atoms with van der Waals surface area (Å²) in [6.07, 6.45) is 2.69. The molecule has 3 unspecified atom stereocenters. The maximum Gasteiger partial charge on any atom is 0.327 e. The summed E-state index contributed by atoms with van der Waals surface area (Å²) in [5.74, 6) is 2.24. The van der Waals surface area contributed by atoms with E-state index in [9.17, 15) is 14.7 Å². The molecule has 1 saturated carbocycles. The maximum atomic E-state index is 12.6. The van der Waals surface area contributed by atoms with Gasteiger partial charge in [0.15, 0.2) is 0 Å². The highest BCUT2D eigenvalue weighted by atomic mass is 32.2. The number of hydrogen-bond acceptors (Lipinski definition) is 5. The second-order valence-electron chi connectivity index (χ2n) is 5.65. The lowest BCUT2D eigenvalue weighted by atomic mass is 10.1. The van der Waals surface area contributed by atoms with E-state index in [1.807, 2.05) is 11.8 Å². The van der Waals surface area contributed by atoms with Gasteiger partial charge in [0.25, 0.3) is 0 Å². The quantitative estimate of drug-likeness (QED) is 0.801. The molecule has 0 radical (unpaired) electrons. The second-order valence-corrected chi connectivity index (χ2v) is 7.95. The first kappa shape index (κ1) is 14.5. The lowest BCUT2D eigenvalue weighted by Crippen LogP contribution is -2.49. The van der Waals surface area contributed by atoms with Crippen molar-refractivity contribution in [2.45, 2.75) is 36.7 Å². The first-order valence-electron chi connectivity index (χ1n) is 7.13. The van der Waals surface area contributed by atoms with Gasteiger partial charge in [0.05, 0.1) is 5.37 Å². The maximum absolute atomic E-state index is 12.6. The summed E-state index contributed by atoms with van der Waals surface area (Å²) in [5.41, 5.74) is 0. The van der Waals surface area contributed by atoms with Crippen LogP contribution >= 0.6 is 23.5 Å². The van der Waals surface area contributed by atoms with Gasteiger partial charge in [0, 0.05) is 36.3 Å². The molecule has 3 atom stereocenters. The molecular formula is C13H20N2O3S2. The Hall–Kier alpha value is -0.400. The van der Waals surface area contributed by atoms with Crippen LogP contribution in [0.15, 0.2) is 0 Å². The van der Waals surface area contributed by atoms with Crippen molar-refractivity contribution in [3.8, 4) is 0 Å². The van der Waals surface area contributed by atoms with Gasteiger partial charge in [0.2, 0.25) is 5.91 Å². The summed E-state index contributed by atoms with van der Waals surface area (Å²) >= 11 is 3.51. The van der Waals surface area contributed by atoms with Gasteiger partial charge in [-0.15, -0.1) is 11.8 Å². The monoisotopic (exact) mass is 316 g/mol. The van der Waals surface area contributed by atoms with Crippen molar-refractivity contribution in [3.63, 3.8) is 0 Å². The number of carboxylic acids is 1. The van der Waals surface area contributed by atoms with Crippen molar-refractivity contribution in [3.05, 3.63) is 0 Å². The van der Waals surface area contributed by atoms with Crippen LogP contribution in [-0.2, 0) is 9.59 Å². The van der Waals surface area contributed by atoms with E-state index >= 15 is 0 Å². The summed E-state index contributed by atoms with van der Waals surface area (Å²) in [5, 5.41) is 12.8. The second kappa shape index (κ2) is 6.15. The molecule has 2 saturated heterocycles. The first-order chi connectivity index (χ1) is 9.66. The van der Waals surface area contributed by atoms with Crippen LogP contribution in [-0.4, -0.2) is 63.1 Å². The highest BCUT2D eigenvalue weighted by molar-refractivity contribution is 8.00. The average molecular weight is 316 g/mol. The minimum absolute atomic E-state index is 0.0132. The van der Waals surface area contributed by atoms with Crippen molar-refractivity contribution in [1.82, 2.24) is 10.2 Å².